The third kappa shape index (κ3) is 6.14. The molecular weight excluding hydrogens is 604 g/mol. The smallest absolute Gasteiger partial charge is 0.297 e. The van der Waals surface area contributed by atoms with E-state index >= 15 is 0 Å². The Bertz CT molecular complexity index is 2010. The average Bonchev–Trinajstić information content (AvgIpc) is 3.60. The number of nitrogens with zero attached hydrogens (tertiary/aromatic N) is 4. The maximum absolute atomic E-state index is 13.3. The van der Waals surface area contributed by atoms with Crippen molar-refractivity contribution in [1.29, 1.82) is 0 Å². The van der Waals surface area contributed by atoms with Gasteiger partial charge < -0.3 is 4.74 Å². The molecule has 228 valence electrons. The second-order valence-corrected chi connectivity index (χ2v) is 13.9. The van der Waals surface area contributed by atoms with Gasteiger partial charge in [-0.2, -0.15) is 16.8 Å². The van der Waals surface area contributed by atoms with Crippen LogP contribution in [-0.4, -0.2) is 55.2 Å². The van der Waals surface area contributed by atoms with Crippen LogP contribution < -0.4 is 0 Å². The normalized spacial score (nSPS) is 19.0. The first kappa shape index (κ1) is 30.0. The largest absolute Gasteiger partial charge is 0.349 e. The summed E-state index contributed by atoms with van der Waals surface area (Å²) in [6, 6.07) is 20.3. The molecule has 0 aliphatic carbocycles. The van der Waals surface area contributed by atoms with Gasteiger partial charge in [0.1, 0.15) is 36.0 Å². The summed E-state index contributed by atoms with van der Waals surface area (Å²) in [6.07, 6.45) is 0.106. The lowest BCUT2D eigenvalue weighted by molar-refractivity contribution is -0.0323. The quantitative estimate of drug-likeness (QED) is 0.206. The van der Waals surface area contributed by atoms with E-state index in [1.807, 2.05) is 45.0 Å². The van der Waals surface area contributed by atoms with E-state index in [9.17, 15) is 16.8 Å². The Labute approximate surface area is 255 Å². The Morgan fingerprint density at radius 1 is 0.773 bits per heavy atom. The summed E-state index contributed by atoms with van der Waals surface area (Å²) >= 11 is 0. The van der Waals surface area contributed by atoms with E-state index in [4.69, 9.17) is 13.1 Å². The molecule has 0 radical (unpaired) electrons. The third-order valence-corrected chi connectivity index (χ3v) is 10.1. The van der Waals surface area contributed by atoms with Crippen LogP contribution in [0.25, 0.3) is 22.4 Å². The Kier molecular flexibility index (Phi) is 8.07. The molecule has 44 heavy (non-hydrogen) atoms. The zero-order valence-corrected chi connectivity index (χ0v) is 25.8. The SMILES string of the molecule is Cc1ccc(-c2ncnc3c2ncn3[C@H]2C[C@H](OS(=O)(=O)c3ccc(C)cc3)[C@@H](COS(=O)(=O)c3ccc(C)cc3)O2)cc1. The summed E-state index contributed by atoms with van der Waals surface area (Å²) in [7, 11) is -8.38. The summed E-state index contributed by atoms with van der Waals surface area (Å²) in [5.74, 6) is 0. The Hall–Kier alpha value is -4.01. The number of ether oxygens (including phenoxy) is 1. The van der Waals surface area contributed by atoms with Gasteiger partial charge in [0.05, 0.1) is 22.7 Å². The van der Waals surface area contributed by atoms with Crippen LogP contribution in [0, 0.1) is 20.8 Å². The van der Waals surface area contributed by atoms with E-state index in [-0.39, 0.29) is 16.2 Å². The van der Waals surface area contributed by atoms with Gasteiger partial charge in [-0.05, 0) is 45.0 Å². The van der Waals surface area contributed by atoms with Crippen LogP contribution in [-0.2, 0) is 33.3 Å². The summed E-state index contributed by atoms with van der Waals surface area (Å²) in [5, 5.41) is 0. The second kappa shape index (κ2) is 11.8. The highest BCUT2D eigenvalue weighted by molar-refractivity contribution is 7.87. The van der Waals surface area contributed by atoms with Crippen LogP contribution in [0.1, 0.15) is 29.3 Å². The summed E-state index contributed by atoms with van der Waals surface area (Å²) in [6.45, 7) is 5.21. The molecule has 6 rings (SSSR count). The molecule has 0 spiro atoms. The number of rotatable bonds is 9. The van der Waals surface area contributed by atoms with Crippen molar-refractivity contribution >= 4 is 31.4 Å². The summed E-state index contributed by atoms with van der Waals surface area (Å²) < 4.78 is 71.3. The fourth-order valence-electron chi connectivity index (χ4n) is 4.96. The van der Waals surface area contributed by atoms with Crippen molar-refractivity contribution < 1.29 is 29.9 Å². The fourth-order valence-corrected chi connectivity index (χ4v) is 6.99. The zero-order valence-electron chi connectivity index (χ0n) is 24.2. The van der Waals surface area contributed by atoms with Crippen molar-refractivity contribution in [2.24, 2.45) is 0 Å². The minimum atomic E-state index is -4.22. The number of aryl methyl sites for hydroxylation is 3. The van der Waals surface area contributed by atoms with Crippen molar-refractivity contribution in [3.05, 3.63) is 102 Å². The molecule has 0 bridgehead atoms. The maximum atomic E-state index is 13.3. The van der Waals surface area contributed by atoms with Gasteiger partial charge in [-0.25, -0.2) is 15.0 Å². The molecule has 11 nitrogen and oxygen atoms in total. The highest BCUT2D eigenvalue weighted by Crippen LogP contribution is 2.36. The molecule has 5 aromatic rings. The number of imidazole rings is 1. The Morgan fingerprint density at radius 2 is 1.34 bits per heavy atom. The van der Waals surface area contributed by atoms with E-state index in [1.165, 1.54) is 30.6 Å². The molecule has 2 aromatic heterocycles. The fraction of sp³-hybridized carbons (Fsp3) is 0.258. The number of aromatic nitrogens is 4. The average molecular weight is 635 g/mol. The van der Waals surface area contributed by atoms with Crippen LogP contribution in [0.4, 0.5) is 0 Å². The van der Waals surface area contributed by atoms with Crippen molar-refractivity contribution in [3.8, 4) is 11.3 Å². The van der Waals surface area contributed by atoms with Crippen molar-refractivity contribution in [2.75, 3.05) is 6.61 Å². The standard InChI is InChI=1S/C31H30N4O7S2/c1-20-4-10-23(11-5-20)29-30-31(33-18-32-29)35(19-34-30)28-16-26(42-44(38,39)25-14-8-22(3)9-15-25)27(41-28)17-40-43(36,37)24-12-6-21(2)7-13-24/h4-15,18-19,26-28H,16-17H2,1-3H3/t26-,27+,28+/m0/s1. The van der Waals surface area contributed by atoms with E-state index in [0.29, 0.717) is 16.9 Å². The predicted octanol–water partition coefficient (Wildman–Crippen LogP) is 4.89. The molecule has 1 saturated heterocycles. The van der Waals surface area contributed by atoms with Crippen LogP contribution in [0.3, 0.4) is 0 Å². The van der Waals surface area contributed by atoms with Gasteiger partial charge in [0.15, 0.2) is 5.65 Å². The van der Waals surface area contributed by atoms with Gasteiger partial charge in [-0.3, -0.25) is 12.9 Å². The first-order valence-corrected chi connectivity index (χ1v) is 16.7. The van der Waals surface area contributed by atoms with Gasteiger partial charge in [0.2, 0.25) is 0 Å². The highest BCUT2D eigenvalue weighted by atomic mass is 32.2. The molecule has 3 aromatic carbocycles. The molecule has 0 unspecified atom stereocenters. The molecule has 1 aliphatic heterocycles. The van der Waals surface area contributed by atoms with Crippen LogP contribution >= 0.6 is 0 Å². The first-order valence-electron chi connectivity index (χ1n) is 13.9. The molecule has 0 saturated carbocycles. The first-order chi connectivity index (χ1) is 21.0. The minimum Gasteiger partial charge on any atom is -0.349 e. The van der Waals surface area contributed by atoms with Crippen LogP contribution in [0.2, 0.25) is 0 Å². The zero-order chi connectivity index (χ0) is 31.1. The van der Waals surface area contributed by atoms with E-state index in [0.717, 1.165) is 22.3 Å². The number of hydrogen-bond donors (Lipinski definition) is 0. The summed E-state index contributed by atoms with van der Waals surface area (Å²) in [4.78, 5) is 13.4. The monoisotopic (exact) mass is 634 g/mol. The van der Waals surface area contributed by atoms with E-state index in [1.54, 1.807) is 35.2 Å². The van der Waals surface area contributed by atoms with Gasteiger partial charge in [0.25, 0.3) is 20.2 Å². The maximum Gasteiger partial charge on any atom is 0.297 e. The van der Waals surface area contributed by atoms with E-state index < -0.39 is 45.3 Å². The molecule has 1 fully saturated rings. The molecule has 0 N–H and O–H groups in total. The topological polar surface area (TPSA) is 140 Å². The number of fused-ring (bicyclic) bond motifs is 1. The van der Waals surface area contributed by atoms with Crippen molar-refractivity contribution in [2.45, 2.75) is 55.4 Å². The lowest BCUT2D eigenvalue weighted by Crippen LogP contribution is -2.32. The molecule has 13 heteroatoms. The second-order valence-electron chi connectivity index (χ2n) is 10.7. The minimum absolute atomic E-state index is 0.0247. The van der Waals surface area contributed by atoms with Crippen LogP contribution in [0.15, 0.2) is 95.2 Å². The lowest BCUT2D eigenvalue weighted by atomic mass is 10.1. The van der Waals surface area contributed by atoms with Gasteiger partial charge in [0, 0.05) is 12.0 Å². The molecule has 0 amide bonds. The third-order valence-electron chi connectivity index (χ3n) is 7.43. The van der Waals surface area contributed by atoms with Gasteiger partial charge in [-0.15, -0.1) is 0 Å². The molecule has 1 aliphatic rings. The predicted molar refractivity (Wildman–Crippen MR) is 162 cm³/mol. The number of benzene rings is 3. The summed E-state index contributed by atoms with van der Waals surface area (Å²) in [5.41, 5.74) is 5.38. The molecular formula is C31H30N4O7S2. The molecule has 3 atom stereocenters. The lowest BCUT2D eigenvalue weighted by Gasteiger charge is -2.18. The van der Waals surface area contributed by atoms with Gasteiger partial charge >= 0.3 is 0 Å². The van der Waals surface area contributed by atoms with Crippen molar-refractivity contribution in [1.82, 2.24) is 19.5 Å². The molecule has 3 heterocycles. The van der Waals surface area contributed by atoms with E-state index in [2.05, 4.69) is 15.0 Å². The Morgan fingerprint density at radius 3 is 1.95 bits per heavy atom. The number of hydrogen-bond acceptors (Lipinski definition) is 10. The highest BCUT2D eigenvalue weighted by Gasteiger charge is 2.42. The van der Waals surface area contributed by atoms with Gasteiger partial charge in [-0.1, -0.05) is 65.2 Å². The van der Waals surface area contributed by atoms with Crippen molar-refractivity contribution in [3.63, 3.8) is 0 Å². The van der Waals surface area contributed by atoms with Crippen LogP contribution in [0.5, 0.6) is 0 Å². The Balaban J connectivity index is 1.30.